The van der Waals surface area contributed by atoms with Gasteiger partial charge in [0.05, 0.1) is 6.61 Å². The largest absolute Gasteiger partial charge is 0.383 e. The minimum absolute atomic E-state index is 0.681. The lowest BCUT2D eigenvalue weighted by Crippen LogP contribution is -2.18. The average molecular weight is 272 g/mol. The van der Waals surface area contributed by atoms with Crippen LogP contribution in [0.3, 0.4) is 0 Å². The van der Waals surface area contributed by atoms with E-state index in [0.29, 0.717) is 5.03 Å². The summed E-state index contributed by atoms with van der Waals surface area (Å²) in [6.07, 6.45) is 0. The maximum absolute atomic E-state index is 5.72. The first-order valence-corrected chi connectivity index (χ1v) is 6.83. The molecule has 2 nitrogen and oxygen atoms in total. The van der Waals surface area contributed by atoms with Crippen LogP contribution in [0.1, 0.15) is 5.56 Å². The molecule has 0 aliphatic heterocycles. The van der Waals surface area contributed by atoms with Gasteiger partial charge in [-0.25, -0.2) is 0 Å². The molecule has 0 spiro atoms. The minimum atomic E-state index is 0.681. The molecular weight excluding hydrogens is 254 g/mol. The van der Waals surface area contributed by atoms with Gasteiger partial charge in [0.2, 0.25) is 0 Å². The van der Waals surface area contributed by atoms with Crippen molar-refractivity contribution in [3.8, 4) is 0 Å². The summed E-state index contributed by atoms with van der Waals surface area (Å²) in [7, 11) is 1.71. The Labute approximate surface area is 112 Å². The first kappa shape index (κ1) is 14.6. The molecule has 1 aromatic rings. The highest BCUT2D eigenvalue weighted by Crippen LogP contribution is 2.21. The fourth-order valence-corrected chi connectivity index (χ4v) is 2.09. The van der Waals surface area contributed by atoms with E-state index in [2.05, 4.69) is 36.2 Å². The fraction of sp³-hybridized carbons (Fsp3) is 0.385. The Kier molecular flexibility index (Phi) is 7.37. The van der Waals surface area contributed by atoms with Crippen LogP contribution in [0.4, 0.5) is 0 Å². The van der Waals surface area contributed by atoms with Gasteiger partial charge in [0, 0.05) is 35.9 Å². The second-order valence-electron chi connectivity index (χ2n) is 3.62. The van der Waals surface area contributed by atoms with Crippen molar-refractivity contribution in [2.75, 3.05) is 26.0 Å². The Morgan fingerprint density at radius 1 is 1.41 bits per heavy atom. The molecule has 1 aromatic carbocycles. The van der Waals surface area contributed by atoms with E-state index in [1.807, 2.05) is 0 Å². The monoisotopic (exact) mass is 271 g/mol. The van der Waals surface area contributed by atoms with Crippen LogP contribution >= 0.6 is 23.4 Å². The standard InChI is InChI=1S/C13H18ClNOS/c1-11(14)10-17-13-5-3-12(4-6-13)9-15-7-8-16-2/h3-6,15H,1,7-10H2,2H3. The molecule has 0 aromatic heterocycles. The zero-order valence-corrected chi connectivity index (χ0v) is 11.6. The van der Waals surface area contributed by atoms with E-state index >= 15 is 0 Å². The third kappa shape index (κ3) is 6.74. The second-order valence-corrected chi connectivity index (χ2v) is 5.20. The molecule has 0 atom stereocenters. The Bertz CT molecular complexity index is 340. The van der Waals surface area contributed by atoms with Gasteiger partial charge in [-0.3, -0.25) is 0 Å². The van der Waals surface area contributed by atoms with Crippen LogP contribution in [-0.4, -0.2) is 26.0 Å². The summed E-state index contributed by atoms with van der Waals surface area (Å²) >= 11 is 7.42. The Balaban J connectivity index is 2.31. The Morgan fingerprint density at radius 2 is 2.12 bits per heavy atom. The lowest BCUT2D eigenvalue weighted by atomic mass is 10.2. The molecule has 0 aliphatic rings. The van der Waals surface area contributed by atoms with Crippen LogP contribution in [0.25, 0.3) is 0 Å². The third-order valence-electron chi connectivity index (χ3n) is 2.13. The number of benzene rings is 1. The van der Waals surface area contributed by atoms with Crippen molar-refractivity contribution in [1.29, 1.82) is 0 Å². The smallest absolute Gasteiger partial charge is 0.0587 e. The first-order valence-electron chi connectivity index (χ1n) is 5.47. The summed E-state index contributed by atoms with van der Waals surface area (Å²) < 4.78 is 4.97. The molecule has 0 fully saturated rings. The molecule has 0 heterocycles. The van der Waals surface area contributed by atoms with E-state index in [1.54, 1.807) is 18.9 Å². The van der Waals surface area contributed by atoms with Gasteiger partial charge in [-0.1, -0.05) is 30.3 Å². The summed E-state index contributed by atoms with van der Waals surface area (Å²) in [6, 6.07) is 8.47. The lowest BCUT2D eigenvalue weighted by molar-refractivity contribution is 0.199. The highest BCUT2D eigenvalue weighted by atomic mass is 35.5. The second kappa shape index (κ2) is 8.59. The van der Waals surface area contributed by atoms with Gasteiger partial charge >= 0.3 is 0 Å². The number of nitrogens with one attached hydrogen (secondary N) is 1. The lowest BCUT2D eigenvalue weighted by Gasteiger charge is -2.05. The molecule has 0 saturated heterocycles. The molecule has 0 aliphatic carbocycles. The number of rotatable bonds is 8. The van der Waals surface area contributed by atoms with Gasteiger partial charge < -0.3 is 10.1 Å². The van der Waals surface area contributed by atoms with Gasteiger partial charge in [-0.05, 0) is 17.7 Å². The molecule has 0 unspecified atom stereocenters. The van der Waals surface area contributed by atoms with Crippen LogP contribution in [-0.2, 0) is 11.3 Å². The van der Waals surface area contributed by atoms with E-state index in [0.717, 1.165) is 25.4 Å². The average Bonchev–Trinajstić information content (AvgIpc) is 2.33. The van der Waals surface area contributed by atoms with E-state index in [4.69, 9.17) is 16.3 Å². The minimum Gasteiger partial charge on any atom is -0.383 e. The van der Waals surface area contributed by atoms with Crippen molar-refractivity contribution < 1.29 is 4.74 Å². The molecule has 1 rings (SSSR count). The van der Waals surface area contributed by atoms with Crippen molar-refractivity contribution >= 4 is 23.4 Å². The van der Waals surface area contributed by atoms with Gasteiger partial charge in [-0.2, -0.15) is 0 Å². The van der Waals surface area contributed by atoms with Crippen LogP contribution in [0.2, 0.25) is 0 Å². The molecule has 0 amide bonds. The molecule has 0 bridgehead atoms. The predicted molar refractivity (Wildman–Crippen MR) is 75.7 cm³/mol. The Morgan fingerprint density at radius 3 is 2.71 bits per heavy atom. The molecule has 94 valence electrons. The van der Waals surface area contributed by atoms with Crippen LogP contribution < -0.4 is 5.32 Å². The van der Waals surface area contributed by atoms with Crippen molar-refractivity contribution in [1.82, 2.24) is 5.32 Å². The van der Waals surface area contributed by atoms with E-state index in [-0.39, 0.29) is 0 Å². The highest BCUT2D eigenvalue weighted by molar-refractivity contribution is 7.99. The molecule has 4 heteroatoms. The maximum atomic E-state index is 5.72. The summed E-state index contributed by atoms with van der Waals surface area (Å²) in [4.78, 5) is 1.22. The number of ether oxygens (including phenoxy) is 1. The quantitative estimate of drug-likeness (QED) is 0.579. The van der Waals surface area contributed by atoms with Crippen molar-refractivity contribution in [3.05, 3.63) is 41.4 Å². The number of methoxy groups -OCH3 is 1. The summed E-state index contributed by atoms with van der Waals surface area (Å²) in [5, 5.41) is 3.99. The summed E-state index contributed by atoms with van der Waals surface area (Å²) in [5.41, 5.74) is 1.27. The van der Waals surface area contributed by atoms with Crippen molar-refractivity contribution in [3.63, 3.8) is 0 Å². The van der Waals surface area contributed by atoms with E-state index in [9.17, 15) is 0 Å². The topological polar surface area (TPSA) is 21.3 Å². The maximum Gasteiger partial charge on any atom is 0.0587 e. The highest BCUT2D eigenvalue weighted by Gasteiger charge is 1.96. The predicted octanol–water partition coefficient (Wildman–Crippen LogP) is 3.27. The normalized spacial score (nSPS) is 10.5. The Hall–Kier alpha value is -0.480. The van der Waals surface area contributed by atoms with Crippen molar-refractivity contribution in [2.45, 2.75) is 11.4 Å². The van der Waals surface area contributed by atoms with Crippen molar-refractivity contribution in [2.24, 2.45) is 0 Å². The zero-order valence-electron chi connectivity index (χ0n) is 10.0. The fourth-order valence-electron chi connectivity index (χ4n) is 1.27. The molecule has 17 heavy (non-hydrogen) atoms. The summed E-state index contributed by atoms with van der Waals surface area (Å²) in [5.74, 6) is 0.757. The molecular formula is C13H18ClNOS. The number of hydrogen-bond donors (Lipinski definition) is 1. The summed E-state index contributed by atoms with van der Waals surface area (Å²) in [6.45, 7) is 6.16. The zero-order chi connectivity index (χ0) is 12.5. The van der Waals surface area contributed by atoms with E-state index < -0.39 is 0 Å². The van der Waals surface area contributed by atoms with Gasteiger partial charge in [-0.15, -0.1) is 11.8 Å². The van der Waals surface area contributed by atoms with Crippen LogP contribution in [0, 0.1) is 0 Å². The molecule has 0 radical (unpaired) electrons. The SMILES string of the molecule is C=C(Cl)CSc1ccc(CNCCOC)cc1. The third-order valence-corrected chi connectivity index (χ3v) is 3.52. The number of thioether (sulfide) groups is 1. The number of hydrogen-bond acceptors (Lipinski definition) is 3. The molecule has 1 N–H and O–H groups in total. The molecule has 0 saturated carbocycles. The first-order chi connectivity index (χ1) is 8.22. The van der Waals surface area contributed by atoms with Crippen LogP contribution in [0.15, 0.2) is 40.8 Å². The van der Waals surface area contributed by atoms with Gasteiger partial charge in [0.25, 0.3) is 0 Å². The van der Waals surface area contributed by atoms with Gasteiger partial charge in [0.15, 0.2) is 0 Å². The van der Waals surface area contributed by atoms with E-state index in [1.165, 1.54) is 10.5 Å². The van der Waals surface area contributed by atoms with Crippen LogP contribution in [0.5, 0.6) is 0 Å². The van der Waals surface area contributed by atoms with Gasteiger partial charge in [0.1, 0.15) is 0 Å². The number of halogens is 1.